The minimum Gasteiger partial charge on any atom is -0.466 e. The van der Waals surface area contributed by atoms with Crippen LogP contribution in [0.1, 0.15) is 17.0 Å². The van der Waals surface area contributed by atoms with Crippen molar-refractivity contribution in [3.8, 4) is 6.07 Å². The minimum absolute atomic E-state index is 0.0299. The van der Waals surface area contributed by atoms with Crippen molar-refractivity contribution in [1.29, 1.82) is 5.26 Å². The molecule has 2 heterocycles. The van der Waals surface area contributed by atoms with Gasteiger partial charge in [-0.15, -0.1) is 11.3 Å². The molecule has 1 atom stereocenters. The van der Waals surface area contributed by atoms with E-state index in [1.54, 1.807) is 6.08 Å². The van der Waals surface area contributed by atoms with Crippen molar-refractivity contribution in [2.24, 2.45) is 5.73 Å². The molecule has 6 nitrogen and oxygen atoms in total. The second kappa shape index (κ2) is 8.24. The van der Waals surface area contributed by atoms with E-state index in [2.05, 4.69) is 0 Å². The van der Waals surface area contributed by atoms with Crippen molar-refractivity contribution in [2.75, 3.05) is 7.11 Å². The third-order valence-electron chi connectivity index (χ3n) is 5.05. The summed E-state index contributed by atoms with van der Waals surface area (Å²) in [5, 5.41) is 9.82. The van der Waals surface area contributed by atoms with Crippen LogP contribution >= 0.6 is 11.3 Å². The first-order valence-corrected chi connectivity index (χ1v) is 10.1. The van der Waals surface area contributed by atoms with Gasteiger partial charge in [-0.25, -0.2) is 13.6 Å². The Morgan fingerprint density at radius 2 is 1.75 bits per heavy atom. The second-order valence-electron chi connectivity index (χ2n) is 6.91. The van der Waals surface area contributed by atoms with E-state index in [1.165, 1.54) is 55.6 Å². The number of halogens is 2. The molecule has 2 aromatic carbocycles. The molecule has 0 fully saturated rings. The Kier molecular flexibility index (Phi) is 5.47. The van der Waals surface area contributed by atoms with E-state index in [-0.39, 0.29) is 26.2 Å². The normalized spacial score (nSPS) is 16.0. The first-order valence-electron chi connectivity index (χ1n) is 9.33. The van der Waals surface area contributed by atoms with Crippen molar-refractivity contribution in [1.82, 2.24) is 4.57 Å². The Hall–Kier alpha value is -4.03. The van der Waals surface area contributed by atoms with Crippen LogP contribution in [0.2, 0.25) is 0 Å². The smallest absolute Gasteiger partial charge is 0.337 e. The third-order valence-corrected chi connectivity index (χ3v) is 6.15. The number of fused-ring (bicyclic) bond motifs is 1. The summed E-state index contributed by atoms with van der Waals surface area (Å²) in [5.74, 6) is -2.71. The van der Waals surface area contributed by atoms with Gasteiger partial charge in [0.1, 0.15) is 22.1 Å². The molecule has 0 spiro atoms. The third kappa shape index (κ3) is 3.50. The van der Waals surface area contributed by atoms with Gasteiger partial charge in [-0.05, 0) is 41.5 Å². The van der Waals surface area contributed by atoms with Crippen LogP contribution in [0.4, 0.5) is 8.78 Å². The number of carbonyl (C=O) groups is 1. The summed E-state index contributed by atoms with van der Waals surface area (Å²) in [5.41, 5.74) is 6.72. The van der Waals surface area contributed by atoms with Crippen LogP contribution in [0.15, 0.2) is 58.9 Å². The van der Waals surface area contributed by atoms with Gasteiger partial charge in [-0.2, -0.15) is 5.26 Å². The zero-order valence-electron chi connectivity index (χ0n) is 16.6. The molecule has 2 N–H and O–H groups in total. The first kappa shape index (κ1) is 21.2. The lowest BCUT2D eigenvalue weighted by Gasteiger charge is -2.24. The molecule has 160 valence electrons. The van der Waals surface area contributed by atoms with Crippen LogP contribution in [0.3, 0.4) is 0 Å². The number of nitrogens with two attached hydrogens (primary N) is 1. The summed E-state index contributed by atoms with van der Waals surface area (Å²) in [4.78, 5) is 25.9. The Bertz CT molecular complexity index is 1480. The molecule has 9 heteroatoms. The highest BCUT2D eigenvalue weighted by atomic mass is 32.1. The second-order valence-corrected chi connectivity index (χ2v) is 7.94. The van der Waals surface area contributed by atoms with E-state index in [9.17, 15) is 23.6 Å². The maximum absolute atomic E-state index is 13.5. The summed E-state index contributed by atoms with van der Waals surface area (Å²) < 4.78 is 33.2. The van der Waals surface area contributed by atoms with Crippen molar-refractivity contribution in [2.45, 2.75) is 5.92 Å². The number of carbonyl (C=O) groups excluding carboxylic acids is 1. The van der Waals surface area contributed by atoms with Gasteiger partial charge in [-0.1, -0.05) is 24.3 Å². The molecule has 32 heavy (non-hydrogen) atoms. The maximum Gasteiger partial charge on any atom is 0.337 e. The van der Waals surface area contributed by atoms with E-state index < -0.39 is 29.1 Å². The first-order chi connectivity index (χ1) is 15.3. The van der Waals surface area contributed by atoms with Crippen LogP contribution in [0.25, 0.3) is 17.5 Å². The van der Waals surface area contributed by atoms with E-state index >= 15 is 0 Å². The molecule has 0 saturated heterocycles. The molecule has 0 saturated carbocycles. The number of nitrogens with zero attached hydrogens (tertiary/aromatic N) is 2. The topological polar surface area (TPSA) is 98.1 Å². The van der Waals surface area contributed by atoms with Gasteiger partial charge in [-0.3, -0.25) is 9.36 Å². The van der Waals surface area contributed by atoms with Crippen molar-refractivity contribution >= 4 is 34.8 Å². The van der Waals surface area contributed by atoms with E-state index in [0.29, 0.717) is 11.1 Å². The predicted octanol–water partition coefficient (Wildman–Crippen LogP) is 1.79. The summed E-state index contributed by atoms with van der Waals surface area (Å²) in [6.45, 7) is 0. The molecular formula is C23H15F2N3O3S. The number of allylic oxidation sites excluding steroid dienone is 1. The SMILES string of the molecule is COC(=O)C1=c2s/c(=C/c3ccc(F)cc3)c(=O)n2C(N)=C(C#N)[C@H]1c1ccc(F)cc1. The van der Waals surface area contributed by atoms with Crippen LogP contribution in [0.5, 0.6) is 0 Å². The zero-order chi connectivity index (χ0) is 23.0. The van der Waals surface area contributed by atoms with Crippen LogP contribution in [-0.4, -0.2) is 17.6 Å². The number of rotatable bonds is 3. The fraction of sp³-hybridized carbons (Fsp3) is 0.0870. The lowest BCUT2D eigenvalue weighted by atomic mass is 9.84. The molecule has 0 radical (unpaired) electrons. The Balaban J connectivity index is 2.08. The number of benzene rings is 2. The number of methoxy groups -OCH3 is 1. The molecule has 0 aliphatic carbocycles. The number of nitriles is 1. The Labute approximate surface area is 184 Å². The lowest BCUT2D eigenvalue weighted by Crippen LogP contribution is -2.40. The molecule has 0 amide bonds. The lowest BCUT2D eigenvalue weighted by molar-refractivity contribution is -0.134. The van der Waals surface area contributed by atoms with Crippen molar-refractivity contribution in [3.63, 3.8) is 0 Å². The van der Waals surface area contributed by atoms with Gasteiger partial charge in [0.05, 0.1) is 34.8 Å². The largest absolute Gasteiger partial charge is 0.466 e. The van der Waals surface area contributed by atoms with Crippen molar-refractivity contribution in [3.05, 3.63) is 96.4 Å². The summed E-state index contributed by atoms with van der Waals surface area (Å²) >= 11 is 0.996. The summed E-state index contributed by atoms with van der Waals surface area (Å²) in [6.07, 6.45) is 1.54. The van der Waals surface area contributed by atoms with E-state index in [0.717, 1.165) is 15.9 Å². The number of hydrogen-bond acceptors (Lipinski definition) is 6. The standard InChI is InChI=1S/C23H15F2N3O3S/c1-31-23(30)19-18(13-4-8-15(25)9-5-13)16(11-26)20(27)28-21(29)17(32-22(19)28)10-12-2-6-14(24)7-3-12/h2-10,18H,27H2,1H3/b17-10+/t18-/m1/s1. The fourth-order valence-electron chi connectivity index (χ4n) is 3.55. The van der Waals surface area contributed by atoms with E-state index in [4.69, 9.17) is 10.5 Å². The summed E-state index contributed by atoms with van der Waals surface area (Å²) in [6, 6.07) is 12.8. The number of hydrogen-bond donors (Lipinski definition) is 1. The highest BCUT2D eigenvalue weighted by molar-refractivity contribution is 7.07. The monoisotopic (exact) mass is 451 g/mol. The van der Waals surface area contributed by atoms with Gasteiger partial charge in [0, 0.05) is 0 Å². The van der Waals surface area contributed by atoms with Crippen LogP contribution in [0, 0.1) is 23.0 Å². The van der Waals surface area contributed by atoms with Crippen LogP contribution in [-0.2, 0) is 9.53 Å². The highest BCUT2D eigenvalue weighted by Crippen LogP contribution is 2.36. The van der Waals surface area contributed by atoms with Gasteiger partial charge >= 0.3 is 5.97 Å². The van der Waals surface area contributed by atoms with Crippen molar-refractivity contribution < 1.29 is 18.3 Å². The average Bonchev–Trinajstić information content (AvgIpc) is 3.11. The van der Waals surface area contributed by atoms with Gasteiger partial charge in [0.2, 0.25) is 0 Å². The maximum atomic E-state index is 13.5. The predicted molar refractivity (Wildman–Crippen MR) is 115 cm³/mol. The van der Waals surface area contributed by atoms with Gasteiger partial charge < -0.3 is 10.5 Å². The van der Waals surface area contributed by atoms with Crippen LogP contribution < -0.4 is 20.5 Å². The molecule has 1 aliphatic rings. The van der Waals surface area contributed by atoms with E-state index in [1.807, 2.05) is 6.07 Å². The molecule has 0 unspecified atom stereocenters. The molecular weight excluding hydrogens is 436 g/mol. The fourth-order valence-corrected chi connectivity index (χ4v) is 4.72. The molecule has 0 bridgehead atoms. The quantitative estimate of drug-likeness (QED) is 0.613. The van der Waals surface area contributed by atoms with Gasteiger partial charge in [0.15, 0.2) is 0 Å². The summed E-state index contributed by atoms with van der Waals surface area (Å²) in [7, 11) is 1.19. The molecule has 3 aromatic rings. The number of esters is 1. The Morgan fingerprint density at radius 3 is 2.31 bits per heavy atom. The zero-order valence-corrected chi connectivity index (χ0v) is 17.5. The van der Waals surface area contributed by atoms with Gasteiger partial charge in [0.25, 0.3) is 5.56 Å². The average molecular weight is 451 g/mol. The number of thiazole rings is 1. The molecule has 4 rings (SSSR count). The molecule has 1 aliphatic heterocycles. The number of ether oxygens (including phenoxy) is 1. The molecule has 1 aromatic heterocycles. The number of aromatic nitrogens is 1. The Morgan fingerprint density at radius 1 is 1.16 bits per heavy atom. The highest BCUT2D eigenvalue weighted by Gasteiger charge is 2.36. The minimum atomic E-state index is -0.940.